The molecule has 5 heteroatoms. The number of hydrogen-bond acceptors (Lipinski definition) is 3. The third kappa shape index (κ3) is 5.63. The summed E-state index contributed by atoms with van der Waals surface area (Å²) in [6.07, 6.45) is 0.625. The zero-order valence-electron chi connectivity index (χ0n) is 14.4. The van der Waals surface area contributed by atoms with Gasteiger partial charge in [-0.3, -0.25) is 4.90 Å². The number of nitrogens with one attached hydrogen (secondary N) is 1. The molecule has 0 amide bonds. The van der Waals surface area contributed by atoms with E-state index in [4.69, 9.17) is 5.26 Å². The maximum Gasteiger partial charge on any atom is 0.123 e. The van der Waals surface area contributed by atoms with Gasteiger partial charge in [0.1, 0.15) is 11.6 Å². The number of halogens is 2. The van der Waals surface area contributed by atoms with Crippen molar-refractivity contribution in [2.45, 2.75) is 19.4 Å². The Hall–Kier alpha value is -2.29. The number of hydrogen-bond donors (Lipinski definition) is 1. The lowest BCUT2D eigenvalue weighted by Crippen LogP contribution is -2.45. The van der Waals surface area contributed by atoms with Crippen LogP contribution < -0.4 is 5.32 Å². The molecule has 1 heterocycles. The number of rotatable bonds is 3. The molecule has 0 saturated carbocycles. The third-order valence-electron chi connectivity index (χ3n) is 4.05. The smallest absolute Gasteiger partial charge is 0.123 e. The van der Waals surface area contributed by atoms with Crippen LogP contribution in [0, 0.1) is 23.0 Å². The van der Waals surface area contributed by atoms with Crippen molar-refractivity contribution in [3.8, 4) is 6.07 Å². The summed E-state index contributed by atoms with van der Waals surface area (Å²) in [5.74, 6) is -0.478. The summed E-state index contributed by atoms with van der Waals surface area (Å²) in [6.45, 7) is 5.51. The van der Waals surface area contributed by atoms with Gasteiger partial charge in [-0.2, -0.15) is 5.26 Å². The van der Waals surface area contributed by atoms with Gasteiger partial charge >= 0.3 is 0 Å². The summed E-state index contributed by atoms with van der Waals surface area (Å²) in [6, 6.07) is 15.1. The van der Waals surface area contributed by atoms with E-state index in [2.05, 4.69) is 10.2 Å². The second-order valence-electron chi connectivity index (χ2n) is 5.80. The van der Waals surface area contributed by atoms with E-state index in [9.17, 15) is 8.78 Å². The Balaban J connectivity index is 0.000000511. The molecule has 3 rings (SSSR count). The molecule has 0 aromatic heterocycles. The first-order chi connectivity index (χ1) is 12.2. The molecule has 0 bridgehead atoms. The van der Waals surface area contributed by atoms with Crippen molar-refractivity contribution in [2.24, 2.45) is 0 Å². The van der Waals surface area contributed by atoms with Crippen LogP contribution >= 0.6 is 0 Å². The summed E-state index contributed by atoms with van der Waals surface area (Å²) in [5, 5.41) is 11.0. The molecule has 25 heavy (non-hydrogen) atoms. The van der Waals surface area contributed by atoms with Gasteiger partial charge in [0.05, 0.1) is 12.1 Å². The Morgan fingerprint density at radius 2 is 1.36 bits per heavy atom. The van der Waals surface area contributed by atoms with Gasteiger partial charge in [-0.25, -0.2) is 8.78 Å². The summed E-state index contributed by atoms with van der Waals surface area (Å²) < 4.78 is 26.3. The van der Waals surface area contributed by atoms with E-state index in [1.54, 1.807) is 0 Å². The van der Waals surface area contributed by atoms with E-state index in [0.29, 0.717) is 6.42 Å². The third-order valence-corrected chi connectivity index (χ3v) is 4.05. The van der Waals surface area contributed by atoms with Crippen LogP contribution in [-0.2, 0) is 0 Å². The van der Waals surface area contributed by atoms with Gasteiger partial charge in [-0.1, -0.05) is 31.2 Å². The van der Waals surface area contributed by atoms with Gasteiger partial charge in [0.15, 0.2) is 0 Å². The van der Waals surface area contributed by atoms with E-state index in [1.807, 2.05) is 37.3 Å². The molecule has 1 aliphatic heterocycles. The molecule has 0 atom stereocenters. The first-order valence-corrected chi connectivity index (χ1v) is 8.48. The highest BCUT2D eigenvalue weighted by Gasteiger charge is 2.23. The van der Waals surface area contributed by atoms with Crippen LogP contribution in [0.15, 0.2) is 48.5 Å². The fourth-order valence-corrected chi connectivity index (χ4v) is 2.84. The van der Waals surface area contributed by atoms with Crippen LogP contribution in [-0.4, -0.2) is 31.1 Å². The number of nitrogens with zero attached hydrogens (tertiary/aromatic N) is 2. The molecule has 3 nitrogen and oxygen atoms in total. The summed E-state index contributed by atoms with van der Waals surface area (Å²) >= 11 is 0. The average molecular weight is 343 g/mol. The van der Waals surface area contributed by atoms with Crippen molar-refractivity contribution in [3.05, 3.63) is 71.3 Å². The summed E-state index contributed by atoms with van der Waals surface area (Å²) in [5.41, 5.74) is 2.06. The highest BCUT2D eigenvalue weighted by Crippen LogP contribution is 2.29. The first-order valence-electron chi connectivity index (χ1n) is 8.48. The molecule has 1 aliphatic rings. The lowest BCUT2D eigenvalue weighted by Gasteiger charge is -2.35. The zero-order valence-corrected chi connectivity index (χ0v) is 14.4. The number of piperazine rings is 1. The topological polar surface area (TPSA) is 39.1 Å². The SMILES string of the molecule is CCC#N.Fc1ccc(C(c2ccc(F)cc2)N2CCNCC2)cc1. The van der Waals surface area contributed by atoms with E-state index in [1.165, 1.54) is 24.3 Å². The van der Waals surface area contributed by atoms with E-state index in [0.717, 1.165) is 37.3 Å². The van der Waals surface area contributed by atoms with Crippen molar-refractivity contribution in [1.82, 2.24) is 10.2 Å². The summed E-state index contributed by atoms with van der Waals surface area (Å²) in [4.78, 5) is 2.34. The van der Waals surface area contributed by atoms with Crippen LogP contribution in [0.25, 0.3) is 0 Å². The van der Waals surface area contributed by atoms with Crippen LogP contribution in [0.5, 0.6) is 0 Å². The molecule has 1 fully saturated rings. The van der Waals surface area contributed by atoms with Crippen molar-refractivity contribution in [2.75, 3.05) is 26.2 Å². The van der Waals surface area contributed by atoms with Gasteiger partial charge in [-0.05, 0) is 35.4 Å². The fraction of sp³-hybridized carbons (Fsp3) is 0.350. The van der Waals surface area contributed by atoms with E-state index < -0.39 is 0 Å². The molecule has 2 aromatic rings. The normalized spacial score (nSPS) is 14.5. The van der Waals surface area contributed by atoms with Crippen molar-refractivity contribution in [3.63, 3.8) is 0 Å². The zero-order chi connectivity index (χ0) is 18.1. The minimum absolute atomic E-state index is 0.0355. The summed E-state index contributed by atoms with van der Waals surface area (Å²) in [7, 11) is 0. The maximum absolute atomic E-state index is 13.2. The highest BCUT2D eigenvalue weighted by molar-refractivity contribution is 5.32. The lowest BCUT2D eigenvalue weighted by atomic mass is 9.96. The van der Waals surface area contributed by atoms with Gasteiger partial charge < -0.3 is 5.32 Å². The predicted molar refractivity (Wildman–Crippen MR) is 95.0 cm³/mol. The van der Waals surface area contributed by atoms with Crippen molar-refractivity contribution in [1.29, 1.82) is 5.26 Å². The van der Waals surface area contributed by atoms with Crippen LogP contribution in [0.2, 0.25) is 0 Å². The highest BCUT2D eigenvalue weighted by atomic mass is 19.1. The Kier molecular flexibility index (Phi) is 7.52. The average Bonchev–Trinajstić information content (AvgIpc) is 2.66. The van der Waals surface area contributed by atoms with Gasteiger partial charge in [0, 0.05) is 32.6 Å². The Morgan fingerprint density at radius 3 is 1.72 bits per heavy atom. The molecule has 132 valence electrons. The molecule has 0 unspecified atom stereocenters. The first kappa shape index (κ1) is 19.0. The Labute approximate surface area is 147 Å². The standard InChI is InChI=1S/C17H18F2N2.C3H5N/c18-15-5-1-13(2-6-15)17(21-11-9-20-10-12-21)14-3-7-16(19)8-4-14;1-2-3-4/h1-8,17,20H,9-12H2;2H2,1H3. The molecule has 1 N–H and O–H groups in total. The van der Waals surface area contributed by atoms with Crippen molar-refractivity contribution >= 4 is 0 Å². The van der Waals surface area contributed by atoms with Gasteiger partial charge in [0.25, 0.3) is 0 Å². The molecule has 1 saturated heterocycles. The predicted octanol–water partition coefficient (Wildman–Crippen LogP) is 3.88. The molecular formula is C20H23F2N3. The van der Waals surface area contributed by atoms with E-state index in [-0.39, 0.29) is 17.7 Å². The monoisotopic (exact) mass is 343 g/mol. The van der Waals surface area contributed by atoms with Gasteiger partial charge in [-0.15, -0.1) is 0 Å². The molecule has 0 spiro atoms. The second-order valence-corrected chi connectivity index (χ2v) is 5.80. The Bertz CT molecular complexity index is 626. The second kappa shape index (κ2) is 9.87. The minimum atomic E-state index is -0.239. The molecule has 0 radical (unpaired) electrons. The molecule has 2 aromatic carbocycles. The van der Waals surface area contributed by atoms with Crippen LogP contribution in [0.1, 0.15) is 30.5 Å². The van der Waals surface area contributed by atoms with E-state index >= 15 is 0 Å². The van der Waals surface area contributed by atoms with Crippen LogP contribution in [0.4, 0.5) is 8.78 Å². The van der Waals surface area contributed by atoms with Gasteiger partial charge in [0.2, 0.25) is 0 Å². The number of nitriles is 1. The minimum Gasteiger partial charge on any atom is -0.314 e. The van der Waals surface area contributed by atoms with Crippen molar-refractivity contribution < 1.29 is 8.78 Å². The fourth-order valence-electron chi connectivity index (χ4n) is 2.84. The molecule has 0 aliphatic carbocycles. The maximum atomic E-state index is 13.2. The lowest BCUT2D eigenvalue weighted by molar-refractivity contribution is 0.198. The number of benzene rings is 2. The largest absolute Gasteiger partial charge is 0.314 e. The quantitative estimate of drug-likeness (QED) is 0.919. The Morgan fingerprint density at radius 1 is 0.960 bits per heavy atom. The van der Waals surface area contributed by atoms with Crippen LogP contribution in [0.3, 0.4) is 0 Å². The molecular weight excluding hydrogens is 320 g/mol.